The van der Waals surface area contributed by atoms with Crippen molar-refractivity contribution in [3.05, 3.63) is 35.6 Å². The van der Waals surface area contributed by atoms with Gasteiger partial charge in [-0.1, -0.05) is 35.5 Å². The molecule has 20 heavy (non-hydrogen) atoms. The Hall–Kier alpha value is -1.53. The van der Waals surface area contributed by atoms with Crippen molar-refractivity contribution < 1.29 is 4.79 Å². The number of aromatic nitrogens is 3. The number of nitrogens with zero attached hydrogens (tertiary/aromatic N) is 3. The maximum Gasteiger partial charge on any atom is 0.237 e. The van der Waals surface area contributed by atoms with Gasteiger partial charge in [0.1, 0.15) is 6.33 Å². The molecule has 0 aliphatic carbocycles. The number of nitrogens with one attached hydrogen (secondary N) is 1. The Morgan fingerprint density at radius 1 is 1.50 bits per heavy atom. The number of anilines is 1. The van der Waals surface area contributed by atoms with Gasteiger partial charge in [0.15, 0.2) is 5.16 Å². The molecule has 1 aromatic heterocycles. The van der Waals surface area contributed by atoms with E-state index in [0.29, 0.717) is 10.7 Å². The summed E-state index contributed by atoms with van der Waals surface area (Å²) >= 11 is 7.38. The smallest absolute Gasteiger partial charge is 0.237 e. The van der Waals surface area contributed by atoms with Crippen molar-refractivity contribution in [2.24, 2.45) is 0 Å². The highest BCUT2D eigenvalue weighted by atomic mass is 35.5. The van der Waals surface area contributed by atoms with Crippen LogP contribution in [0.3, 0.4) is 0 Å². The van der Waals surface area contributed by atoms with Gasteiger partial charge in [0.05, 0.1) is 16.0 Å². The average molecular weight is 311 g/mol. The van der Waals surface area contributed by atoms with E-state index in [1.165, 1.54) is 11.8 Å². The lowest BCUT2D eigenvalue weighted by Gasteiger charge is -2.12. The van der Waals surface area contributed by atoms with Crippen molar-refractivity contribution in [3.63, 3.8) is 0 Å². The predicted octanol–water partition coefficient (Wildman–Crippen LogP) is 3.07. The number of halogens is 1. The zero-order valence-electron chi connectivity index (χ0n) is 11.2. The summed E-state index contributed by atoms with van der Waals surface area (Å²) in [5, 5.41) is 11.6. The number of para-hydroxylation sites is 1. The van der Waals surface area contributed by atoms with Gasteiger partial charge in [0.25, 0.3) is 0 Å². The molecule has 0 aliphatic rings. The lowest BCUT2D eigenvalue weighted by molar-refractivity contribution is -0.115. The minimum absolute atomic E-state index is 0.117. The first-order valence-electron chi connectivity index (χ1n) is 6.21. The largest absolute Gasteiger partial charge is 0.324 e. The van der Waals surface area contributed by atoms with E-state index in [1.807, 2.05) is 30.5 Å². The molecular formula is C13H15ClN4OS. The minimum Gasteiger partial charge on any atom is -0.324 e. The van der Waals surface area contributed by atoms with Crippen molar-refractivity contribution in [1.82, 2.24) is 14.8 Å². The quantitative estimate of drug-likeness (QED) is 0.862. The van der Waals surface area contributed by atoms with Crippen molar-refractivity contribution in [2.45, 2.75) is 30.8 Å². The molecule has 0 aliphatic heterocycles. The van der Waals surface area contributed by atoms with E-state index in [1.54, 1.807) is 18.5 Å². The van der Waals surface area contributed by atoms with Crippen LogP contribution in [-0.2, 0) is 11.3 Å². The number of carbonyl (C=O) groups is 1. The van der Waals surface area contributed by atoms with E-state index < -0.39 is 0 Å². The Labute approximate surface area is 126 Å². The lowest BCUT2D eigenvalue weighted by atomic mass is 10.3. The predicted molar refractivity (Wildman–Crippen MR) is 81.1 cm³/mol. The van der Waals surface area contributed by atoms with Crippen molar-refractivity contribution in [2.75, 3.05) is 5.32 Å². The molecule has 2 rings (SSSR count). The summed E-state index contributed by atoms with van der Waals surface area (Å²) in [4.78, 5) is 12.1. The summed E-state index contributed by atoms with van der Waals surface area (Å²) in [6.45, 7) is 4.60. The van der Waals surface area contributed by atoms with Crippen LogP contribution in [0.15, 0.2) is 35.7 Å². The van der Waals surface area contributed by atoms with E-state index in [2.05, 4.69) is 15.5 Å². The highest BCUT2D eigenvalue weighted by Gasteiger charge is 2.18. The topological polar surface area (TPSA) is 59.8 Å². The Balaban J connectivity index is 2.01. The second-order valence-corrected chi connectivity index (χ2v) is 5.84. The highest BCUT2D eigenvalue weighted by Crippen LogP contribution is 2.24. The van der Waals surface area contributed by atoms with E-state index in [-0.39, 0.29) is 11.2 Å². The van der Waals surface area contributed by atoms with Gasteiger partial charge in [0.2, 0.25) is 5.91 Å². The number of thioether (sulfide) groups is 1. The first-order valence-corrected chi connectivity index (χ1v) is 7.47. The molecule has 1 N–H and O–H groups in total. The van der Waals surface area contributed by atoms with Gasteiger partial charge in [-0.3, -0.25) is 4.79 Å². The fourth-order valence-electron chi connectivity index (χ4n) is 1.56. The van der Waals surface area contributed by atoms with Gasteiger partial charge in [0, 0.05) is 6.54 Å². The second kappa shape index (κ2) is 6.76. The lowest BCUT2D eigenvalue weighted by Crippen LogP contribution is -2.23. The number of carbonyl (C=O) groups excluding carboxylic acids is 1. The SMILES string of the molecule is CCn1cnnc1S[C@@H](C)C(=O)Nc1ccccc1Cl. The number of benzene rings is 1. The van der Waals surface area contributed by atoms with Gasteiger partial charge in [-0.15, -0.1) is 10.2 Å². The Bertz CT molecular complexity index is 602. The van der Waals surface area contributed by atoms with Crippen LogP contribution in [0.4, 0.5) is 5.69 Å². The summed E-state index contributed by atoms with van der Waals surface area (Å²) in [6, 6.07) is 7.15. The third-order valence-electron chi connectivity index (χ3n) is 2.70. The molecule has 1 aromatic carbocycles. The van der Waals surface area contributed by atoms with Gasteiger partial charge in [-0.25, -0.2) is 0 Å². The summed E-state index contributed by atoms with van der Waals surface area (Å²) in [7, 11) is 0. The highest BCUT2D eigenvalue weighted by molar-refractivity contribution is 8.00. The van der Waals surface area contributed by atoms with Crippen LogP contribution < -0.4 is 5.32 Å². The van der Waals surface area contributed by atoms with Crippen LogP contribution in [0.5, 0.6) is 0 Å². The molecule has 1 heterocycles. The zero-order valence-corrected chi connectivity index (χ0v) is 12.8. The van der Waals surface area contributed by atoms with Crippen molar-refractivity contribution >= 4 is 35.0 Å². The van der Waals surface area contributed by atoms with Crippen LogP contribution in [0, 0.1) is 0 Å². The monoisotopic (exact) mass is 310 g/mol. The van der Waals surface area contributed by atoms with Gasteiger partial charge in [-0.05, 0) is 26.0 Å². The van der Waals surface area contributed by atoms with Gasteiger partial charge in [-0.2, -0.15) is 0 Å². The Kier molecular flexibility index (Phi) is 5.03. The van der Waals surface area contributed by atoms with E-state index >= 15 is 0 Å². The fraction of sp³-hybridized carbons (Fsp3) is 0.308. The molecule has 1 amide bonds. The maximum atomic E-state index is 12.1. The van der Waals surface area contributed by atoms with Crippen LogP contribution in [0.25, 0.3) is 0 Å². The molecular weight excluding hydrogens is 296 g/mol. The molecule has 2 aromatic rings. The molecule has 1 atom stereocenters. The first kappa shape index (κ1) is 14.9. The zero-order chi connectivity index (χ0) is 14.5. The summed E-state index contributed by atoms with van der Waals surface area (Å²) < 4.78 is 1.89. The fourth-order valence-corrected chi connectivity index (χ4v) is 2.63. The van der Waals surface area contributed by atoms with E-state index in [0.717, 1.165) is 11.7 Å². The molecule has 0 fully saturated rings. The molecule has 0 spiro atoms. The summed E-state index contributed by atoms with van der Waals surface area (Å²) in [5.41, 5.74) is 0.614. The second-order valence-electron chi connectivity index (χ2n) is 4.13. The van der Waals surface area contributed by atoms with Crippen LogP contribution >= 0.6 is 23.4 Å². The third kappa shape index (κ3) is 3.52. The molecule has 0 saturated carbocycles. The molecule has 0 bridgehead atoms. The Morgan fingerprint density at radius 2 is 2.25 bits per heavy atom. The van der Waals surface area contributed by atoms with Crippen LogP contribution in [0.2, 0.25) is 5.02 Å². The molecule has 7 heteroatoms. The number of hydrogen-bond acceptors (Lipinski definition) is 4. The first-order chi connectivity index (χ1) is 9.61. The van der Waals surface area contributed by atoms with E-state index in [4.69, 9.17) is 11.6 Å². The summed E-state index contributed by atoms with van der Waals surface area (Å²) in [6.07, 6.45) is 1.65. The molecule has 0 unspecified atom stereocenters. The number of amides is 1. The van der Waals surface area contributed by atoms with Crippen molar-refractivity contribution in [1.29, 1.82) is 0 Å². The van der Waals surface area contributed by atoms with Crippen LogP contribution in [0.1, 0.15) is 13.8 Å². The molecule has 0 radical (unpaired) electrons. The van der Waals surface area contributed by atoms with Crippen LogP contribution in [-0.4, -0.2) is 25.9 Å². The van der Waals surface area contributed by atoms with Gasteiger partial charge < -0.3 is 9.88 Å². The normalized spacial score (nSPS) is 12.2. The number of rotatable bonds is 5. The average Bonchev–Trinajstić information content (AvgIpc) is 2.88. The number of hydrogen-bond donors (Lipinski definition) is 1. The van der Waals surface area contributed by atoms with E-state index in [9.17, 15) is 4.79 Å². The Morgan fingerprint density at radius 3 is 2.95 bits per heavy atom. The van der Waals surface area contributed by atoms with Gasteiger partial charge >= 0.3 is 0 Å². The summed E-state index contributed by atoms with van der Waals surface area (Å²) in [5.74, 6) is -0.117. The third-order valence-corrected chi connectivity index (χ3v) is 4.13. The minimum atomic E-state index is -0.291. The number of aryl methyl sites for hydroxylation is 1. The molecule has 5 nitrogen and oxygen atoms in total. The molecule has 0 saturated heterocycles. The molecule has 106 valence electrons. The standard InChI is InChI=1S/C13H15ClN4OS/c1-3-18-8-15-17-13(18)20-9(2)12(19)16-11-7-5-4-6-10(11)14/h4-9H,3H2,1-2H3,(H,16,19)/t9-/m0/s1. The maximum absolute atomic E-state index is 12.1. The van der Waals surface area contributed by atoms with Crippen molar-refractivity contribution in [3.8, 4) is 0 Å².